The molecule has 284 valence electrons. The van der Waals surface area contributed by atoms with Crippen LogP contribution in [0.1, 0.15) is 67.6 Å². The third-order valence-electron chi connectivity index (χ3n) is 9.76. The highest BCUT2D eigenvalue weighted by Crippen LogP contribution is 2.55. The summed E-state index contributed by atoms with van der Waals surface area (Å²) in [6.45, 7) is 8.27. The Hall–Kier alpha value is -4.36. The Kier molecular flexibility index (Phi) is 12.4. The number of carbonyl (C=O) groups is 3. The second kappa shape index (κ2) is 17.2. The number of hydrogen-bond donors (Lipinski definition) is 2. The topological polar surface area (TPSA) is 162 Å². The summed E-state index contributed by atoms with van der Waals surface area (Å²) in [5.41, 5.74) is 2.32. The highest BCUT2D eigenvalue weighted by atomic mass is 31.2. The number of rotatable bonds is 13. The van der Waals surface area contributed by atoms with Gasteiger partial charge in [0.1, 0.15) is 29.3 Å². The van der Waals surface area contributed by atoms with E-state index >= 15 is 0 Å². The number of carbonyl (C=O) groups excluding carboxylic acids is 3. The molecular weight excluding hydrogens is 699 g/mol. The fourth-order valence-corrected chi connectivity index (χ4v) is 8.51. The number of aromatic nitrogens is 2. The average Bonchev–Trinajstić information content (AvgIpc) is 3.67. The minimum Gasteiger partial charge on any atom is -0.449 e. The molecule has 2 N–H and O–H groups in total. The van der Waals surface area contributed by atoms with Gasteiger partial charge in [-0.15, -0.1) is 0 Å². The van der Waals surface area contributed by atoms with E-state index in [9.17, 15) is 18.9 Å². The summed E-state index contributed by atoms with van der Waals surface area (Å²) in [4.78, 5) is 54.9. The number of Topliss-reactive ketones (excluding diaryl/α,β-unsaturated/α-hetero) is 1. The van der Waals surface area contributed by atoms with Crippen molar-refractivity contribution in [2.75, 3.05) is 57.5 Å². The fraction of sp³-hybridized carbons (Fsp3) is 0.500. The van der Waals surface area contributed by atoms with E-state index in [1.807, 2.05) is 74.2 Å². The second-order valence-corrected chi connectivity index (χ2v) is 15.9. The summed E-state index contributed by atoms with van der Waals surface area (Å²) in [6, 6.07) is 14.1. The van der Waals surface area contributed by atoms with Crippen molar-refractivity contribution in [3.8, 4) is 17.1 Å². The lowest BCUT2D eigenvalue weighted by molar-refractivity contribution is -0.125. The van der Waals surface area contributed by atoms with E-state index in [4.69, 9.17) is 23.5 Å². The first kappa shape index (κ1) is 38.4. The van der Waals surface area contributed by atoms with Crippen LogP contribution in [0.15, 0.2) is 54.6 Å². The molecule has 6 rings (SSSR count). The number of anilines is 1. The molecule has 2 unspecified atom stereocenters. The van der Waals surface area contributed by atoms with Gasteiger partial charge in [-0.2, -0.15) is 0 Å². The van der Waals surface area contributed by atoms with E-state index in [0.717, 1.165) is 24.0 Å². The SMILES string of the molecule is CCCCOC(=O)N1CCNCC1C(=O)[C@H](CP1(=O)OCc2cccc(C(C)C)c2O1)NC(=O)c1cc(N2CC[C@H](OC)C2)nc(-c2ccccc2)n1. The average molecular weight is 749 g/mol. The van der Waals surface area contributed by atoms with E-state index in [1.54, 1.807) is 13.2 Å². The van der Waals surface area contributed by atoms with Crippen LogP contribution in [0.4, 0.5) is 10.6 Å². The van der Waals surface area contributed by atoms with Crippen LogP contribution in [0.3, 0.4) is 0 Å². The molecule has 3 aliphatic heterocycles. The highest BCUT2D eigenvalue weighted by Gasteiger charge is 2.44. The summed E-state index contributed by atoms with van der Waals surface area (Å²) >= 11 is 0. The first-order chi connectivity index (χ1) is 25.6. The molecule has 15 heteroatoms. The molecular formula is C38H49N6O8P. The predicted molar refractivity (Wildman–Crippen MR) is 199 cm³/mol. The van der Waals surface area contributed by atoms with Crippen LogP contribution in [0.2, 0.25) is 0 Å². The first-order valence-corrected chi connectivity index (χ1v) is 20.1. The van der Waals surface area contributed by atoms with Crippen molar-refractivity contribution in [1.82, 2.24) is 25.5 Å². The molecule has 0 radical (unpaired) electrons. The zero-order chi connectivity index (χ0) is 37.5. The molecule has 1 aromatic heterocycles. The Morgan fingerprint density at radius 2 is 1.91 bits per heavy atom. The number of piperazine rings is 1. The third-order valence-corrected chi connectivity index (χ3v) is 11.6. The van der Waals surface area contributed by atoms with E-state index in [0.29, 0.717) is 49.0 Å². The molecule has 2 saturated heterocycles. The smallest absolute Gasteiger partial charge is 0.410 e. The number of hydrogen-bond acceptors (Lipinski definition) is 12. The number of ketones is 1. The van der Waals surface area contributed by atoms with Crippen molar-refractivity contribution in [1.29, 1.82) is 0 Å². The van der Waals surface area contributed by atoms with Crippen LogP contribution >= 0.6 is 7.60 Å². The van der Waals surface area contributed by atoms with Gasteiger partial charge >= 0.3 is 13.7 Å². The number of benzene rings is 2. The third kappa shape index (κ3) is 9.06. The number of para-hydroxylation sites is 1. The first-order valence-electron chi connectivity index (χ1n) is 18.3. The van der Waals surface area contributed by atoms with Gasteiger partial charge in [0.05, 0.1) is 25.5 Å². The van der Waals surface area contributed by atoms with E-state index in [2.05, 4.69) is 15.6 Å². The van der Waals surface area contributed by atoms with Gasteiger partial charge in [0.25, 0.3) is 5.91 Å². The maximum absolute atomic E-state index is 14.6. The fourth-order valence-electron chi connectivity index (χ4n) is 6.72. The maximum Gasteiger partial charge on any atom is 0.410 e. The summed E-state index contributed by atoms with van der Waals surface area (Å²) < 4.78 is 37.6. The quantitative estimate of drug-likeness (QED) is 0.175. The van der Waals surface area contributed by atoms with Crippen molar-refractivity contribution < 1.29 is 37.5 Å². The zero-order valence-corrected chi connectivity index (χ0v) is 31.7. The van der Waals surface area contributed by atoms with Crippen molar-refractivity contribution in [2.45, 2.75) is 70.7 Å². The van der Waals surface area contributed by atoms with Crippen molar-refractivity contribution in [3.63, 3.8) is 0 Å². The summed E-state index contributed by atoms with van der Waals surface area (Å²) in [5.74, 6) is 0.174. The Balaban J connectivity index is 1.34. The standard InChI is InChI=1S/C38H49N6O8P/c1-5-6-19-50-38(47)44-18-16-39-21-32(44)34(45)31(24-53(48)51-23-27-13-10-14-29(25(2)3)35(27)52-53)41-37(46)30-20-33(43-17-15-28(22-43)49-4)42-36(40-30)26-11-8-7-9-12-26/h7-14,20,25,28,31-32,39H,5-6,15-19,21-24H2,1-4H3,(H,41,46)/t28-,31-,32?,53?/m0/s1. The molecule has 4 atom stereocenters. The molecule has 0 aliphatic carbocycles. The lowest BCUT2D eigenvalue weighted by atomic mass is 9.99. The lowest BCUT2D eigenvalue weighted by Crippen LogP contribution is -2.61. The predicted octanol–water partition coefficient (Wildman–Crippen LogP) is 5.17. The largest absolute Gasteiger partial charge is 0.449 e. The number of amides is 2. The van der Waals surface area contributed by atoms with Gasteiger partial charge < -0.3 is 29.5 Å². The molecule has 4 heterocycles. The summed E-state index contributed by atoms with van der Waals surface area (Å²) in [7, 11) is -2.36. The van der Waals surface area contributed by atoms with E-state index < -0.39 is 43.6 Å². The van der Waals surface area contributed by atoms with Crippen molar-refractivity contribution in [3.05, 3.63) is 71.4 Å². The molecule has 2 amide bonds. The van der Waals surface area contributed by atoms with Gasteiger partial charge in [-0.3, -0.25) is 19.0 Å². The van der Waals surface area contributed by atoms with Crippen LogP contribution in [-0.2, 0) is 30.0 Å². The molecule has 3 aromatic rings. The van der Waals surface area contributed by atoms with Crippen molar-refractivity contribution >= 4 is 31.2 Å². The summed E-state index contributed by atoms with van der Waals surface area (Å²) in [5, 5.41) is 6.01. The maximum atomic E-state index is 14.6. The van der Waals surface area contributed by atoms with E-state index in [1.165, 1.54) is 4.90 Å². The number of methoxy groups -OCH3 is 1. The van der Waals surface area contributed by atoms with Crippen LogP contribution in [0.25, 0.3) is 11.4 Å². The number of nitrogens with one attached hydrogen (secondary N) is 2. The second-order valence-electron chi connectivity index (χ2n) is 13.9. The van der Waals surface area contributed by atoms with E-state index in [-0.39, 0.29) is 44.0 Å². The molecule has 0 bridgehead atoms. The van der Waals surface area contributed by atoms with Gasteiger partial charge in [-0.1, -0.05) is 75.7 Å². The molecule has 2 fully saturated rings. The monoisotopic (exact) mass is 748 g/mol. The van der Waals surface area contributed by atoms with Gasteiger partial charge in [-0.05, 0) is 24.3 Å². The molecule has 0 saturated carbocycles. The number of ether oxygens (including phenoxy) is 2. The van der Waals surface area contributed by atoms with Gasteiger partial charge in [0, 0.05) is 57.0 Å². The van der Waals surface area contributed by atoms with Crippen LogP contribution in [-0.4, -0.2) is 103 Å². The number of unbranched alkanes of at least 4 members (excludes halogenated alkanes) is 1. The van der Waals surface area contributed by atoms with Gasteiger partial charge in [0.2, 0.25) is 0 Å². The minimum absolute atomic E-state index is 0.0108. The zero-order valence-electron chi connectivity index (χ0n) is 30.8. The highest BCUT2D eigenvalue weighted by molar-refractivity contribution is 7.54. The van der Waals surface area contributed by atoms with Crippen molar-refractivity contribution in [2.24, 2.45) is 0 Å². The molecule has 3 aliphatic rings. The Labute approximate surface area is 310 Å². The van der Waals surface area contributed by atoms with Crippen LogP contribution in [0.5, 0.6) is 5.75 Å². The number of fused-ring (bicyclic) bond motifs is 1. The van der Waals surface area contributed by atoms with Crippen LogP contribution in [0, 0.1) is 0 Å². The number of nitrogens with zero attached hydrogens (tertiary/aromatic N) is 4. The molecule has 2 aromatic carbocycles. The normalized spacial score (nSPS) is 21.8. The Morgan fingerprint density at radius 1 is 1.09 bits per heavy atom. The van der Waals surface area contributed by atoms with Crippen LogP contribution < -0.4 is 20.1 Å². The lowest BCUT2D eigenvalue weighted by Gasteiger charge is -2.37. The Morgan fingerprint density at radius 3 is 2.64 bits per heavy atom. The Bertz CT molecular complexity index is 1830. The molecule has 53 heavy (non-hydrogen) atoms. The van der Waals surface area contributed by atoms with Gasteiger partial charge in [0.15, 0.2) is 11.6 Å². The van der Waals surface area contributed by atoms with Gasteiger partial charge in [-0.25, -0.2) is 19.3 Å². The summed E-state index contributed by atoms with van der Waals surface area (Å²) in [6.07, 6.45) is 1.24. The molecule has 14 nitrogen and oxygen atoms in total. The molecule has 0 spiro atoms. The minimum atomic E-state index is -4.03.